The number of benzene rings is 2. The minimum absolute atomic E-state index is 0.0596. The summed E-state index contributed by atoms with van der Waals surface area (Å²) in [5.41, 5.74) is 2.99. The first-order valence-electron chi connectivity index (χ1n) is 12.2. The molecular formula is C27H30N6O3. The number of likely N-dealkylation sites (tertiary alicyclic amines) is 1. The monoisotopic (exact) mass is 486 g/mol. The minimum Gasteiger partial charge on any atom is -0.497 e. The molecule has 1 atom stereocenters. The van der Waals surface area contributed by atoms with Crippen molar-refractivity contribution in [1.82, 2.24) is 29.9 Å². The van der Waals surface area contributed by atoms with Crippen molar-refractivity contribution in [2.75, 3.05) is 20.2 Å². The van der Waals surface area contributed by atoms with E-state index in [1.807, 2.05) is 66.2 Å². The van der Waals surface area contributed by atoms with Crippen LogP contribution in [0, 0.1) is 12.8 Å². The molecule has 1 unspecified atom stereocenters. The molecule has 0 spiro atoms. The van der Waals surface area contributed by atoms with Crippen LogP contribution < -0.4 is 10.1 Å². The van der Waals surface area contributed by atoms with Gasteiger partial charge in [0.05, 0.1) is 19.6 Å². The molecule has 5 rings (SSSR count). The van der Waals surface area contributed by atoms with Crippen LogP contribution in [0.1, 0.15) is 30.1 Å². The van der Waals surface area contributed by atoms with Gasteiger partial charge in [0.1, 0.15) is 11.6 Å². The van der Waals surface area contributed by atoms with Crippen molar-refractivity contribution in [3.8, 4) is 22.8 Å². The summed E-state index contributed by atoms with van der Waals surface area (Å²) in [7, 11) is 1.63. The van der Waals surface area contributed by atoms with Crippen molar-refractivity contribution in [2.45, 2.75) is 32.9 Å². The van der Waals surface area contributed by atoms with Crippen LogP contribution in [0.3, 0.4) is 0 Å². The number of carbonyl (C=O) groups excluding carboxylic acids is 1. The third kappa shape index (κ3) is 5.46. The molecule has 186 valence electrons. The highest BCUT2D eigenvalue weighted by Crippen LogP contribution is 2.22. The van der Waals surface area contributed by atoms with Crippen molar-refractivity contribution < 1.29 is 14.1 Å². The third-order valence-corrected chi connectivity index (χ3v) is 6.56. The van der Waals surface area contributed by atoms with Crippen molar-refractivity contribution in [1.29, 1.82) is 0 Å². The number of ether oxygens (including phenoxy) is 1. The SMILES string of the molecule is COc1ccc(-c2noc(CN3CCCC(C(=O)NCc4ccc(-n5ccnc5C)cc4)C3)n2)cc1. The highest BCUT2D eigenvalue weighted by molar-refractivity contribution is 5.79. The van der Waals surface area contributed by atoms with Crippen molar-refractivity contribution >= 4 is 5.91 Å². The molecule has 0 saturated carbocycles. The quantitative estimate of drug-likeness (QED) is 0.405. The summed E-state index contributed by atoms with van der Waals surface area (Å²) in [6.07, 6.45) is 5.56. The number of piperidine rings is 1. The lowest BCUT2D eigenvalue weighted by atomic mass is 9.97. The number of amides is 1. The topological polar surface area (TPSA) is 98.3 Å². The van der Waals surface area contributed by atoms with Crippen molar-refractivity contribution in [2.24, 2.45) is 5.92 Å². The molecule has 2 aromatic heterocycles. The van der Waals surface area contributed by atoms with E-state index < -0.39 is 0 Å². The third-order valence-electron chi connectivity index (χ3n) is 6.56. The van der Waals surface area contributed by atoms with Crippen LogP contribution >= 0.6 is 0 Å². The molecule has 1 N–H and O–H groups in total. The second-order valence-corrected chi connectivity index (χ2v) is 9.04. The Morgan fingerprint density at radius 3 is 2.69 bits per heavy atom. The van der Waals surface area contributed by atoms with E-state index in [4.69, 9.17) is 9.26 Å². The van der Waals surface area contributed by atoms with Crippen LogP contribution in [0.5, 0.6) is 5.75 Å². The second-order valence-electron chi connectivity index (χ2n) is 9.04. The Labute approximate surface area is 210 Å². The molecule has 1 fully saturated rings. The molecular weight excluding hydrogens is 456 g/mol. The fourth-order valence-electron chi connectivity index (χ4n) is 4.54. The van der Waals surface area contributed by atoms with Gasteiger partial charge in [0.15, 0.2) is 0 Å². The van der Waals surface area contributed by atoms with E-state index >= 15 is 0 Å². The summed E-state index contributed by atoms with van der Waals surface area (Å²) in [5, 5.41) is 7.22. The lowest BCUT2D eigenvalue weighted by Gasteiger charge is -2.30. The number of nitrogens with zero attached hydrogens (tertiary/aromatic N) is 5. The van der Waals surface area contributed by atoms with Crippen molar-refractivity contribution in [3.63, 3.8) is 0 Å². The van der Waals surface area contributed by atoms with Crippen LogP contribution in [0.25, 0.3) is 17.1 Å². The fourth-order valence-corrected chi connectivity index (χ4v) is 4.54. The van der Waals surface area contributed by atoms with E-state index in [1.165, 1.54) is 0 Å². The number of aromatic nitrogens is 4. The molecule has 4 aromatic rings. The number of rotatable bonds is 8. The first kappa shape index (κ1) is 23.7. The number of carbonyl (C=O) groups is 1. The number of aryl methyl sites for hydroxylation is 1. The summed E-state index contributed by atoms with van der Waals surface area (Å²) in [5.74, 6) is 2.84. The Kier molecular flexibility index (Phi) is 7.08. The van der Waals surface area contributed by atoms with Crippen LogP contribution in [-0.4, -0.2) is 50.7 Å². The highest BCUT2D eigenvalue weighted by Gasteiger charge is 2.26. The van der Waals surface area contributed by atoms with E-state index in [2.05, 4.69) is 25.3 Å². The molecule has 0 aliphatic carbocycles. The fraction of sp³-hybridized carbons (Fsp3) is 0.333. The number of methoxy groups -OCH3 is 1. The maximum atomic E-state index is 12.9. The highest BCUT2D eigenvalue weighted by atomic mass is 16.5. The van der Waals surface area contributed by atoms with E-state index in [0.717, 1.165) is 47.8 Å². The van der Waals surface area contributed by atoms with Crippen LogP contribution in [0.4, 0.5) is 0 Å². The molecule has 9 heteroatoms. The van der Waals surface area contributed by atoms with E-state index in [0.29, 0.717) is 31.3 Å². The Morgan fingerprint density at radius 2 is 1.97 bits per heavy atom. The smallest absolute Gasteiger partial charge is 0.241 e. The lowest BCUT2D eigenvalue weighted by Crippen LogP contribution is -2.42. The maximum absolute atomic E-state index is 12.9. The molecule has 1 aliphatic rings. The second kappa shape index (κ2) is 10.7. The van der Waals surface area contributed by atoms with E-state index in [1.54, 1.807) is 13.3 Å². The first-order chi connectivity index (χ1) is 17.6. The van der Waals surface area contributed by atoms with Gasteiger partial charge in [0.2, 0.25) is 17.6 Å². The Balaban J connectivity index is 1.13. The van der Waals surface area contributed by atoms with Gasteiger partial charge >= 0.3 is 0 Å². The Morgan fingerprint density at radius 1 is 1.17 bits per heavy atom. The average Bonchev–Trinajstić information content (AvgIpc) is 3.57. The molecule has 2 aromatic carbocycles. The van der Waals surface area contributed by atoms with Gasteiger partial charge in [-0.3, -0.25) is 9.69 Å². The summed E-state index contributed by atoms with van der Waals surface area (Å²) in [4.78, 5) is 23.9. The van der Waals surface area contributed by atoms with Gasteiger partial charge in [-0.05, 0) is 68.3 Å². The van der Waals surface area contributed by atoms with Crippen LogP contribution in [0.2, 0.25) is 0 Å². The molecule has 0 radical (unpaired) electrons. The zero-order valence-corrected chi connectivity index (χ0v) is 20.6. The van der Waals surface area contributed by atoms with Gasteiger partial charge in [-0.15, -0.1) is 0 Å². The molecule has 1 saturated heterocycles. The predicted molar refractivity (Wildman–Crippen MR) is 134 cm³/mol. The Hall–Kier alpha value is -3.98. The van der Waals surface area contributed by atoms with Gasteiger partial charge in [-0.2, -0.15) is 4.98 Å². The lowest BCUT2D eigenvalue weighted by molar-refractivity contribution is -0.127. The number of nitrogens with one attached hydrogen (secondary N) is 1. The summed E-state index contributed by atoms with van der Waals surface area (Å²) >= 11 is 0. The number of hydrogen-bond acceptors (Lipinski definition) is 7. The maximum Gasteiger partial charge on any atom is 0.241 e. The summed E-state index contributed by atoms with van der Waals surface area (Å²) in [6.45, 7) is 4.58. The average molecular weight is 487 g/mol. The first-order valence-corrected chi connectivity index (χ1v) is 12.2. The van der Waals surface area contributed by atoms with E-state index in [9.17, 15) is 4.79 Å². The van der Waals surface area contributed by atoms with Gasteiger partial charge in [-0.1, -0.05) is 17.3 Å². The molecule has 3 heterocycles. The predicted octanol–water partition coefficient (Wildman–Crippen LogP) is 3.77. The zero-order chi connectivity index (χ0) is 24.9. The van der Waals surface area contributed by atoms with Gasteiger partial charge in [-0.25, -0.2) is 4.98 Å². The zero-order valence-electron chi connectivity index (χ0n) is 20.6. The number of imidazole rings is 1. The molecule has 1 amide bonds. The van der Waals surface area contributed by atoms with Gasteiger partial charge in [0, 0.05) is 36.7 Å². The van der Waals surface area contributed by atoms with Gasteiger partial charge in [0.25, 0.3) is 0 Å². The minimum atomic E-state index is -0.0596. The van der Waals surface area contributed by atoms with Gasteiger partial charge < -0.3 is 19.1 Å². The van der Waals surface area contributed by atoms with E-state index in [-0.39, 0.29) is 11.8 Å². The Bertz CT molecular complexity index is 1300. The van der Waals surface area contributed by atoms with Crippen LogP contribution in [0.15, 0.2) is 65.4 Å². The normalized spacial score (nSPS) is 16.1. The summed E-state index contributed by atoms with van der Waals surface area (Å²) < 4.78 is 12.7. The van der Waals surface area contributed by atoms with Crippen molar-refractivity contribution in [3.05, 3.63) is 78.2 Å². The molecule has 1 aliphatic heterocycles. The standard InChI is InChI=1S/C27H30N6O3/c1-19-28-13-15-33(19)23-9-5-20(6-10-23)16-29-27(34)22-4-3-14-32(17-22)18-25-30-26(31-36-25)21-7-11-24(35-2)12-8-21/h5-13,15,22H,3-4,14,16-18H2,1-2H3,(H,29,34). The molecule has 36 heavy (non-hydrogen) atoms. The number of hydrogen-bond donors (Lipinski definition) is 1. The van der Waals surface area contributed by atoms with Crippen LogP contribution in [-0.2, 0) is 17.9 Å². The largest absolute Gasteiger partial charge is 0.497 e. The summed E-state index contributed by atoms with van der Waals surface area (Å²) in [6, 6.07) is 15.7. The molecule has 0 bridgehead atoms. The molecule has 9 nitrogen and oxygen atoms in total.